The van der Waals surface area contributed by atoms with Crippen molar-refractivity contribution in [3.8, 4) is 11.5 Å². The molecule has 0 saturated heterocycles. The van der Waals surface area contributed by atoms with Crippen LogP contribution >= 0.6 is 23.1 Å². The number of thioether (sulfide) groups is 1. The minimum absolute atomic E-state index is 0.218. The molecule has 1 amide bonds. The van der Waals surface area contributed by atoms with Gasteiger partial charge in [-0.1, -0.05) is 41.3 Å². The topological polar surface area (TPSA) is 93.8 Å². The number of hydrogen-bond donors (Lipinski definition) is 1. The second-order valence-corrected chi connectivity index (χ2v) is 7.48. The summed E-state index contributed by atoms with van der Waals surface area (Å²) < 4.78 is 18.5. The number of amides is 1. The molecular formula is C18H12FN5O2S2. The third-order valence-electron chi connectivity index (χ3n) is 3.51. The maximum Gasteiger partial charge on any atom is 0.286 e. The minimum atomic E-state index is -0.399. The van der Waals surface area contributed by atoms with Gasteiger partial charge in [-0.2, -0.15) is 0 Å². The van der Waals surface area contributed by atoms with Crippen molar-refractivity contribution in [1.29, 1.82) is 0 Å². The number of halogens is 1. The van der Waals surface area contributed by atoms with Crippen LogP contribution in [0.4, 0.5) is 10.1 Å². The summed E-state index contributed by atoms with van der Waals surface area (Å²) in [4.78, 5) is 12.2. The molecule has 0 spiro atoms. The third-order valence-corrected chi connectivity index (χ3v) is 5.44. The van der Waals surface area contributed by atoms with Crippen LogP contribution in [-0.4, -0.2) is 26.3 Å². The Labute approximate surface area is 167 Å². The van der Waals surface area contributed by atoms with Crippen molar-refractivity contribution >= 4 is 34.7 Å². The van der Waals surface area contributed by atoms with Crippen molar-refractivity contribution in [2.45, 2.75) is 11.0 Å². The van der Waals surface area contributed by atoms with Gasteiger partial charge in [0.1, 0.15) is 10.8 Å². The molecule has 28 heavy (non-hydrogen) atoms. The Kier molecular flexibility index (Phi) is 5.40. The SMILES string of the molecule is O=C(Nc1ccc(F)cc1)c1nnc(CSc2nnc(-c3ccccc3)o2)s1. The summed E-state index contributed by atoms with van der Waals surface area (Å²) in [5.41, 5.74) is 1.33. The highest BCUT2D eigenvalue weighted by Gasteiger charge is 2.15. The van der Waals surface area contributed by atoms with E-state index in [-0.39, 0.29) is 10.8 Å². The first-order valence-electron chi connectivity index (χ1n) is 8.08. The highest BCUT2D eigenvalue weighted by molar-refractivity contribution is 7.98. The van der Waals surface area contributed by atoms with Crippen LogP contribution < -0.4 is 5.32 Å². The van der Waals surface area contributed by atoms with E-state index in [0.717, 1.165) is 5.56 Å². The molecule has 0 aliphatic heterocycles. The van der Waals surface area contributed by atoms with Crippen LogP contribution in [-0.2, 0) is 5.75 Å². The largest absolute Gasteiger partial charge is 0.411 e. The molecule has 4 rings (SSSR count). The normalized spacial score (nSPS) is 10.8. The van der Waals surface area contributed by atoms with Crippen LogP contribution in [0.5, 0.6) is 0 Å². The first kappa shape index (κ1) is 18.3. The van der Waals surface area contributed by atoms with E-state index < -0.39 is 5.91 Å². The van der Waals surface area contributed by atoms with E-state index in [0.29, 0.717) is 27.6 Å². The molecule has 1 N–H and O–H groups in total. The van der Waals surface area contributed by atoms with Gasteiger partial charge in [0.2, 0.25) is 10.9 Å². The predicted octanol–water partition coefficient (Wildman–Crippen LogP) is 4.27. The van der Waals surface area contributed by atoms with Crippen LogP contribution in [0.2, 0.25) is 0 Å². The molecule has 0 bridgehead atoms. The molecule has 10 heteroatoms. The lowest BCUT2D eigenvalue weighted by Crippen LogP contribution is -2.11. The predicted molar refractivity (Wildman–Crippen MR) is 104 cm³/mol. The molecule has 2 heterocycles. The molecule has 4 aromatic rings. The molecule has 2 aromatic heterocycles. The smallest absolute Gasteiger partial charge is 0.286 e. The molecule has 0 radical (unpaired) electrons. The molecule has 0 unspecified atom stereocenters. The number of carbonyl (C=O) groups excluding carboxylic acids is 1. The fourth-order valence-electron chi connectivity index (χ4n) is 2.21. The van der Waals surface area contributed by atoms with Gasteiger partial charge in [0.15, 0.2) is 0 Å². The van der Waals surface area contributed by atoms with Crippen molar-refractivity contribution in [3.05, 3.63) is 70.4 Å². The Hall–Kier alpha value is -3.11. The summed E-state index contributed by atoms with van der Waals surface area (Å²) in [5.74, 6) is 0.117. The molecule has 0 aliphatic rings. The van der Waals surface area contributed by atoms with E-state index in [9.17, 15) is 9.18 Å². The van der Waals surface area contributed by atoms with E-state index >= 15 is 0 Å². The van der Waals surface area contributed by atoms with Crippen LogP contribution in [0.3, 0.4) is 0 Å². The summed E-state index contributed by atoms with van der Waals surface area (Å²) in [7, 11) is 0. The van der Waals surface area contributed by atoms with Crippen LogP contribution in [0.15, 0.2) is 64.2 Å². The number of benzene rings is 2. The highest BCUT2D eigenvalue weighted by atomic mass is 32.2. The van der Waals surface area contributed by atoms with Gasteiger partial charge in [-0.25, -0.2) is 4.39 Å². The molecular weight excluding hydrogens is 401 g/mol. The van der Waals surface area contributed by atoms with Gasteiger partial charge in [-0.3, -0.25) is 4.79 Å². The van der Waals surface area contributed by atoms with Gasteiger partial charge in [-0.05, 0) is 36.4 Å². The molecule has 0 saturated carbocycles. The number of rotatable bonds is 6. The monoisotopic (exact) mass is 413 g/mol. The van der Waals surface area contributed by atoms with Crippen LogP contribution in [0, 0.1) is 5.82 Å². The second kappa shape index (κ2) is 8.28. The Morgan fingerprint density at radius 2 is 1.82 bits per heavy atom. The van der Waals surface area contributed by atoms with E-state index in [1.807, 2.05) is 30.3 Å². The average molecular weight is 413 g/mol. The first-order valence-corrected chi connectivity index (χ1v) is 9.88. The van der Waals surface area contributed by atoms with Crippen molar-refractivity contribution in [3.63, 3.8) is 0 Å². The highest BCUT2D eigenvalue weighted by Crippen LogP contribution is 2.26. The van der Waals surface area contributed by atoms with Crippen LogP contribution in [0.1, 0.15) is 14.8 Å². The Balaban J connectivity index is 1.35. The maximum absolute atomic E-state index is 12.9. The average Bonchev–Trinajstić information content (AvgIpc) is 3.38. The Morgan fingerprint density at radius 1 is 1.04 bits per heavy atom. The number of nitrogens with one attached hydrogen (secondary N) is 1. The number of aromatic nitrogens is 4. The molecule has 0 fully saturated rings. The van der Waals surface area contributed by atoms with Gasteiger partial charge in [0.25, 0.3) is 11.1 Å². The van der Waals surface area contributed by atoms with E-state index in [2.05, 4.69) is 25.7 Å². The van der Waals surface area contributed by atoms with E-state index in [1.165, 1.54) is 47.4 Å². The lowest BCUT2D eigenvalue weighted by atomic mass is 10.2. The number of nitrogens with zero attached hydrogens (tertiary/aromatic N) is 4. The third kappa shape index (κ3) is 4.41. The first-order chi connectivity index (χ1) is 13.7. The second-order valence-electron chi connectivity index (χ2n) is 5.49. The minimum Gasteiger partial charge on any atom is -0.411 e. The number of hydrogen-bond acceptors (Lipinski definition) is 8. The lowest BCUT2D eigenvalue weighted by molar-refractivity contribution is 0.102. The molecule has 7 nitrogen and oxygen atoms in total. The Morgan fingerprint density at radius 3 is 2.61 bits per heavy atom. The zero-order chi connectivity index (χ0) is 19.3. The molecule has 0 atom stereocenters. The number of anilines is 1. The number of carbonyl (C=O) groups is 1. The van der Waals surface area contributed by atoms with Crippen molar-refractivity contribution in [2.24, 2.45) is 0 Å². The zero-order valence-corrected chi connectivity index (χ0v) is 15.8. The van der Waals surface area contributed by atoms with Crippen molar-refractivity contribution in [2.75, 3.05) is 5.32 Å². The summed E-state index contributed by atoms with van der Waals surface area (Å²) in [6, 6.07) is 15.0. The molecule has 140 valence electrons. The standard InChI is InChI=1S/C18H12FN5O2S2/c19-12-6-8-13(9-7-12)20-15(25)17-23-21-14(28-17)10-27-18-24-22-16(26-18)11-4-2-1-3-5-11/h1-9H,10H2,(H,20,25). The fourth-order valence-corrected chi connectivity index (χ4v) is 3.69. The zero-order valence-electron chi connectivity index (χ0n) is 14.2. The van der Waals surface area contributed by atoms with E-state index in [4.69, 9.17) is 4.42 Å². The molecule has 0 aliphatic carbocycles. The quantitative estimate of drug-likeness (QED) is 0.472. The van der Waals surface area contributed by atoms with Gasteiger partial charge >= 0.3 is 0 Å². The summed E-state index contributed by atoms with van der Waals surface area (Å²) in [6.45, 7) is 0. The summed E-state index contributed by atoms with van der Waals surface area (Å²) >= 11 is 2.48. The Bertz CT molecular complexity index is 1080. The van der Waals surface area contributed by atoms with Crippen molar-refractivity contribution < 1.29 is 13.6 Å². The van der Waals surface area contributed by atoms with Gasteiger partial charge < -0.3 is 9.73 Å². The maximum atomic E-state index is 12.9. The fraction of sp³-hybridized carbons (Fsp3) is 0.0556. The lowest BCUT2D eigenvalue weighted by Gasteiger charge is -2.01. The van der Waals surface area contributed by atoms with Gasteiger partial charge in [0.05, 0.1) is 5.75 Å². The van der Waals surface area contributed by atoms with Gasteiger partial charge in [-0.15, -0.1) is 20.4 Å². The molecule has 2 aromatic carbocycles. The van der Waals surface area contributed by atoms with Gasteiger partial charge in [0, 0.05) is 11.3 Å². The van der Waals surface area contributed by atoms with E-state index in [1.54, 1.807) is 0 Å². The van der Waals surface area contributed by atoms with Crippen molar-refractivity contribution in [1.82, 2.24) is 20.4 Å². The summed E-state index contributed by atoms with van der Waals surface area (Å²) in [5, 5.41) is 19.9. The summed E-state index contributed by atoms with van der Waals surface area (Å²) in [6.07, 6.45) is 0. The van der Waals surface area contributed by atoms with Crippen LogP contribution in [0.25, 0.3) is 11.5 Å².